The molecule has 0 radical (unpaired) electrons. The van der Waals surface area contributed by atoms with Gasteiger partial charge in [0.1, 0.15) is 5.82 Å². The van der Waals surface area contributed by atoms with Gasteiger partial charge >= 0.3 is 0 Å². The van der Waals surface area contributed by atoms with Crippen LogP contribution in [-0.4, -0.2) is 33.6 Å². The average Bonchev–Trinajstić information content (AvgIpc) is 3.06. The van der Waals surface area contributed by atoms with E-state index in [9.17, 15) is 9.18 Å². The van der Waals surface area contributed by atoms with Gasteiger partial charge in [-0.05, 0) is 29.7 Å². The maximum absolute atomic E-state index is 14.2. The number of fused-ring (bicyclic) bond motifs is 1. The number of halogens is 2. The summed E-state index contributed by atoms with van der Waals surface area (Å²) in [5, 5.41) is 12.3. The highest BCUT2D eigenvalue weighted by molar-refractivity contribution is 9.10. The van der Waals surface area contributed by atoms with Gasteiger partial charge < -0.3 is 10.4 Å². The van der Waals surface area contributed by atoms with Crippen LogP contribution in [-0.2, 0) is 4.84 Å². The molecule has 2 heterocycles. The summed E-state index contributed by atoms with van der Waals surface area (Å²) in [6.45, 7) is -0.296. The first-order valence-electron chi connectivity index (χ1n) is 7.08. The Kier molecular flexibility index (Phi) is 5.53. The lowest BCUT2D eigenvalue weighted by Crippen LogP contribution is -2.26. The fraction of sp³-hybridized carbons (Fsp3) is 0.133. The van der Waals surface area contributed by atoms with Crippen molar-refractivity contribution in [3.63, 3.8) is 0 Å². The first-order chi connectivity index (χ1) is 12.1. The minimum atomic E-state index is -0.622. The summed E-state index contributed by atoms with van der Waals surface area (Å²) in [5.41, 5.74) is 2.73. The van der Waals surface area contributed by atoms with Crippen molar-refractivity contribution in [1.82, 2.24) is 14.8 Å². The van der Waals surface area contributed by atoms with E-state index in [2.05, 4.69) is 36.1 Å². The van der Waals surface area contributed by atoms with E-state index >= 15 is 0 Å². The third kappa shape index (κ3) is 3.93. The topological polar surface area (TPSA) is 96.4 Å². The van der Waals surface area contributed by atoms with Gasteiger partial charge in [-0.3, -0.25) is 9.63 Å². The Hall–Kier alpha value is -2.14. The highest BCUT2D eigenvalue weighted by Crippen LogP contribution is 2.33. The molecule has 130 valence electrons. The summed E-state index contributed by atoms with van der Waals surface area (Å²) >= 11 is 4.36. The molecule has 0 aliphatic carbocycles. The Labute approximate surface area is 154 Å². The lowest BCUT2D eigenvalue weighted by atomic mass is 10.2. The lowest BCUT2D eigenvalue weighted by molar-refractivity contribution is 0.0165. The fourth-order valence-corrected chi connectivity index (χ4v) is 3.11. The molecular formula is C15H12BrFN4O3S. The summed E-state index contributed by atoms with van der Waals surface area (Å²) < 4.78 is 19.5. The molecule has 0 saturated carbocycles. The van der Waals surface area contributed by atoms with Crippen molar-refractivity contribution in [2.75, 3.05) is 18.5 Å². The zero-order valence-corrected chi connectivity index (χ0v) is 15.0. The quantitative estimate of drug-likeness (QED) is 0.414. The van der Waals surface area contributed by atoms with E-state index in [-0.39, 0.29) is 24.6 Å². The van der Waals surface area contributed by atoms with Gasteiger partial charge in [-0.25, -0.2) is 14.9 Å². The van der Waals surface area contributed by atoms with Crippen LogP contribution in [0.25, 0.3) is 10.1 Å². The summed E-state index contributed by atoms with van der Waals surface area (Å²) in [4.78, 5) is 21.2. The number of nitrogens with one attached hydrogen (secondary N) is 2. The number of hydrogen-bond acceptors (Lipinski definition) is 7. The van der Waals surface area contributed by atoms with Crippen LogP contribution in [0.4, 0.5) is 15.8 Å². The molecule has 25 heavy (non-hydrogen) atoms. The SMILES string of the molecule is O=C(NOCCO)c1ncc2cnsc2c1Nc1ccc(Br)cc1F. The number of pyridine rings is 1. The van der Waals surface area contributed by atoms with Crippen molar-refractivity contribution < 1.29 is 19.1 Å². The Bertz CT molecular complexity index is 921. The van der Waals surface area contributed by atoms with E-state index in [1.54, 1.807) is 18.3 Å². The highest BCUT2D eigenvalue weighted by Gasteiger charge is 2.19. The first-order valence-corrected chi connectivity index (χ1v) is 8.65. The molecule has 0 atom stereocenters. The molecule has 0 unspecified atom stereocenters. The predicted molar refractivity (Wildman–Crippen MR) is 95.3 cm³/mol. The van der Waals surface area contributed by atoms with E-state index in [0.29, 0.717) is 14.9 Å². The van der Waals surface area contributed by atoms with Gasteiger partial charge in [0.05, 0.1) is 35.5 Å². The standard InChI is InChI=1S/C15H12BrFN4O3S/c16-9-1-2-11(10(17)5-9)20-12-13(15(23)21-24-4-3-22)18-6-8-7-19-25-14(8)12/h1-2,5-7,20,22H,3-4H2,(H,21,23). The molecular weight excluding hydrogens is 415 g/mol. The Morgan fingerprint density at radius 3 is 3.00 bits per heavy atom. The maximum Gasteiger partial charge on any atom is 0.295 e. The second-order valence-electron chi connectivity index (χ2n) is 4.84. The van der Waals surface area contributed by atoms with Crippen LogP contribution in [0.1, 0.15) is 10.5 Å². The second-order valence-corrected chi connectivity index (χ2v) is 6.56. The van der Waals surface area contributed by atoms with E-state index in [4.69, 9.17) is 9.94 Å². The molecule has 7 nitrogen and oxygen atoms in total. The van der Waals surface area contributed by atoms with Crippen LogP contribution >= 0.6 is 27.5 Å². The first kappa shape index (κ1) is 17.7. The van der Waals surface area contributed by atoms with Crippen molar-refractivity contribution in [1.29, 1.82) is 0 Å². The van der Waals surface area contributed by atoms with Crippen LogP contribution in [0.15, 0.2) is 35.1 Å². The number of aromatic nitrogens is 2. The zero-order valence-electron chi connectivity index (χ0n) is 12.6. The van der Waals surface area contributed by atoms with Gasteiger partial charge in [-0.2, -0.15) is 4.37 Å². The van der Waals surface area contributed by atoms with Gasteiger partial charge in [-0.1, -0.05) is 15.9 Å². The number of aliphatic hydroxyl groups excluding tert-OH is 1. The third-order valence-electron chi connectivity index (χ3n) is 3.16. The zero-order chi connectivity index (χ0) is 17.8. The average molecular weight is 427 g/mol. The molecule has 1 amide bonds. The number of carbonyl (C=O) groups excluding carboxylic acids is 1. The van der Waals surface area contributed by atoms with E-state index in [0.717, 1.165) is 16.9 Å². The number of rotatable bonds is 6. The number of amides is 1. The minimum absolute atomic E-state index is 0.0250. The maximum atomic E-state index is 14.2. The summed E-state index contributed by atoms with van der Waals surface area (Å²) in [5.74, 6) is -1.11. The Morgan fingerprint density at radius 2 is 2.24 bits per heavy atom. The molecule has 3 aromatic rings. The smallest absolute Gasteiger partial charge is 0.295 e. The van der Waals surface area contributed by atoms with Crippen molar-refractivity contribution >= 4 is 54.8 Å². The highest BCUT2D eigenvalue weighted by atomic mass is 79.9. The number of nitrogens with zero attached hydrogens (tertiary/aromatic N) is 2. The molecule has 0 aliphatic heterocycles. The summed E-state index contributed by atoms with van der Waals surface area (Å²) in [7, 11) is 0. The molecule has 0 bridgehead atoms. The van der Waals surface area contributed by atoms with Crippen LogP contribution in [0, 0.1) is 5.82 Å². The number of hydroxylamine groups is 1. The third-order valence-corrected chi connectivity index (χ3v) is 4.49. The molecule has 0 aliphatic rings. The molecule has 1 aromatic carbocycles. The normalized spacial score (nSPS) is 10.8. The number of hydrogen-bond donors (Lipinski definition) is 3. The van der Waals surface area contributed by atoms with Gasteiger partial charge in [0, 0.05) is 16.1 Å². The minimum Gasteiger partial charge on any atom is -0.394 e. The van der Waals surface area contributed by atoms with Crippen LogP contribution in [0.5, 0.6) is 0 Å². The number of carbonyl (C=O) groups is 1. The molecule has 0 spiro atoms. The van der Waals surface area contributed by atoms with Crippen LogP contribution in [0.3, 0.4) is 0 Å². The Balaban J connectivity index is 2.00. The van der Waals surface area contributed by atoms with E-state index in [1.807, 2.05) is 0 Å². The largest absolute Gasteiger partial charge is 0.394 e. The summed E-state index contributed by atoms with van der Waals surface area (Å²) in [6, 6.07) is 4.53. The molecule has 3 rings (SSSR count). The molecule has 2 aromatic heterocycles. The molecule has 10 heteroatoms. The fourth-order valence-electron chi connectivity index (χ4n) is 2.06. The van der Waals surface area contributed by atoms with E-state index in [1.165, 1.54) is 12.3 Å². The van der Waals surface area contributed by atoms with Crippen molar-refractivity contribution in [3.8, 4) is 0 Å². The number of anilines is 2. The Morgan fingerprint density at radius 1 is 1.40 bits per heavy atom. The van der Waals surface area contributed by atoms with Gasteiger partial charge in [0.25, 0.3) is 5.91 Å². The molecule has 3 N–H and O–H groups in total. The van der Waals surface area contributed by atoms with Crippen molar-refractivity contribution in [3.05, 3.63) is 46.6 Å². The monoisotopic (exact) mass is 426 g/mol. The lowest BCUT2D eigenvalue weighted by Gasteiger charge is -2.13. The summed E-state index contributed by atoms with van der Waals surface area (Å²) in [6.07, 6.45) is 3.11. The predicted octanol–water partition coefficient (Wildman–Crippen LogP) is 2.99. The molecule has 0 fully saturated rings. The van der Waals surface area contributed by atoms with Gasteiger partial charge in [0.15, 0.2) is 5.69 Å². The van der Waals surface area contributed by atoms with Crippen LogP contribution in [0.2, 0.25) is 0 Å². The number of benzene rings is 1. The van der Waals surface area contributed by atoms with Gasteiger partial charge in [-0.15, -0.1) is 0 Å². The molecule has 0 saturated heterocycles. The second kappa shape index (κ2) is 7.83. The van der Waals surface area contributed by atoms with E-state index < -0.39 is 11.7 Å². The van der Waals surface area contributed by atoms with Gasteiger partial charge in [0.2, 0.25) is 0 Å². The number of aliphatic hydroxyl groups is 1. The van der Waals surface area contributed by atoms with Crippen LogP contribution < -0.4 is 10.8 Å². The van der Waals surface area contributed by atoms with Crippen molar-refractivity contribution in [2.24, 2.45) is 0 Å². The van der Waals surface area contributed by atoms with Crippen molar-refractivity contribution in [2.45, 2.75) is 0 Å².